The van der Waals surface area contributed by atoms with E-state index in [-0.39, 0.29) is 15.9 Å². The second-order valence-corrected chi connectivity index (χ2v) is 4.98. The standard InChI is InChI=1S/C14H8Cl2N4O/c15-12-7-10(13(16)20-19-12)14(21)18-9-3-4-11-8(6-9)2-1-5-17-11/h1-7H,(H,18,21). The summed E-state index contributed by atoms with van der Waals surface area (Å²) in [6.45, 7) is 0. The summed E-state index contributed by atoms with van der Waals surface area (Å²) in [5, 5.41) is 10.9. The van der Waals surface area contributed by atoms with Crippen LogP contribution >= 0.6 is 23.2 Å². The number of anilines is 1. The van der Waals surface area contributed by atoms with E-state index in [1.165, 1.54) is 6.07 Å². The first kappa shape index (κ1) is 13.7. The highest BCUT2D eigenvalue weighted by Crippen LogP contribution is 2.20. The van der Waals surface area contributed by atoms with Gasteiger partial charge in [0.05, 0.1) is 11.1 Å². The van der Waals surface area contributed by atoms with Crippen LogP contribution in [0.4, 0.5) is 5.69 Å². The summed E-state index contributed by atoms with van der Waals surface area (Å²) in [4.78, 5) is 16.4. The lowest BCUT2D eigenvalue weighted by molar-refractivity contribution is 0.102. The molecular formula is C14H8Cl2N4O. The van der Waals surface area contributed by atoms with Crippen LogP contribution in [-0.4, -0.2) is 21.1 Å². The molecule has 0 fully saturated rings. The summed E-state index contributed by atoms with van der Waals surface area (Å²) in [6, 6.07) is 10.5. The van der Waals surface area contributed by atoms with Gasteiger partial charge in [-0.25, -0.2) is 0 Å². The second kappa shape index (κ2) is 5.63. The van der Waals surface area contributed by atoms with E-state index < -0.39 is 5.91 Å². The number of fused-ring (bicyclic) bond motifs is 1. The SMILES string of the molecule is O=C(Nc1ccc2ncccc2c1)c1cc(Cl)nnc1Cl. The highest BCUT2D eigenvalue weighted by Gasteiger charge is 2.13. The van der Waals surface area contributed by atoms with Crippen LogP contribution in [-0.2, 0) is 0 Å². The van der Waals surface area contributed by atoms with E-state index >= 15 is 0 Å². The molecule has 0 bridgehead atoms. The van der Waals surface area contributed by atoms with E-state index in [0.717, 1.165) is 10.9 Å². The topological polar surface area (TPSA) is 67.8 Å². The average Bonchev–Trinajstić information content (AvgIpc) is 2.49. The monoisotopic (exact) mass is 318 g/mol. The molecule has 0 aliphatic rings. The minimum atomic E-state index is -0.403. The minimum absolute atomic E-state index is 0.000596. The lowest BCUT2D eigenvalue weighted by Crippen LogP contribution is -2.13. The number of carbonyl (C=O) groups is 1. The van der Waals surface area contributed by atoms with E-state index in [4.69, 9.17) is 23.2 Å². The van der Waals surface area contributed by atoms with Crippen LogP contribution in [0.15, 0.2) is 42.6 Å². The van der Waals surface area contributed by atoms with Crippen molar-refractivity contribution in [1.82, 2.24) is 15.2 Å². The average molecular weight is 319 g/mol. The summed E-state index contributed by atoms with van der Waals surface area (Å²) < 4.78 is 0. The van der Waals surface area contributed by atoms with Gasteiger partial charge in [-0.2, -0.15) is 0 Å². The Balaban J connectivity index is 1.90. The number of nitrogens with zero attached hydrogens (tertiary/aromatic N) is 3. The third-order valence-electron chi connectivity index (χ3n) is 2.82. The summed E-state index contributed by atoms with van der Waals surface area (Å²) >= 11 is 11.6. The van der Waals surface area contributed by atoms with Crippen LogP contribution in [0.25, 0.3) is 10.9 Å². The highest BCUT2D eigenvalue weighted by atomic mass is 35.5. The van der Waals surface area contributed by atoms with E-state index in [2.05, 4.69) is 20.5 Å². The Bertz CT molecular complexity index is 838. The Labute approximate surface area is 129 Å². The Morgan fingerprint density at radius 3 is 2.81 bits per heavy atom. The molecule has 0 saturated heterocycles. The van der Waals surface area contributed by atoms with Gasteiger partial charge >= 0.3 is 0 Å². The van der Waals surface area contributed by atoms with Crippen LogP contribution < -0.4 is 5.32 Å². The molecule has 0 saturated carbocycles. The zero-order valence-electron chi connectivity index (χ0n) is 10.5. The number of hydrogen-bond acceptors (Lipinski definition) is 4. The first-order valence-corrected chi connectivity index (χ1v) is 6.74. The van der Waals surface area contributed by atoms with Gasteiger partial charge in [-0.15, -0.1) is 10.2 Å². The van der Waals surface area contributed by atoms with Crippen molar-refractivity contribution in [2.75, 3.05) is 5.32 Å². The Kier molecular flexibility index (Phi) is 3.68. The number of amides is 1. The molecule has 3 aromatic rings. The van der Waals surface area contributed by atoms with Gasteiger partial charge in [0, 0.05) is 17.3 Å². The third kappa shape index (κ3) is 2.94. The molecule has 1 amide bonds. The predicted molar refractivity (Wildman–Crippen MR) is 81.7 cm³/mol. The van der Waals surface area contributed by atoms with Crippen LogP contribution in [0.2, 0.25) is 10.3 Å². The molecule has 5 nitrogen and oxygen atoms in total. The van der Waals surface area contributed by atoms with E-state index in [9.17, 15) is 4.79 Å². The number of pyridine rings is 1. The number of rotatable bonds is 2. The van der Waals surface area contributed by atoms with Crippen LogP contribution in [0.1, 0.15) is 10.4 Å². The van der Waals surface area contributed by atoms with Gasteiger partial charge in [-0.05, 0) is 30.3 Å². The van der Waals surface area contributed by atoms with Gasteiger partial charge in [-0.1, -0.05) is 29.3 Å². The molecule has 1 aromatic carbocycles. The fourth-order valence-electron chi connectivity index (χ4n) is 1.86. The molecule has 3 rings (SSSR count). The zero-order chi connectivity index (χ0) is 14.8. The fraction of sp³-hybridized carbons (Fsp3) is 0. The quantitative estimate of drug-likeness (QED) is 0.784. The molecule has 7 heteroatoms. The number of nitrogens with one attached hydrogen (secondary N) is 1. The molecule has 21 heavy (non-hydrogen) atoms. The van der Waals surface area contributed by atoms with Crippen molar-refractivity contribution in [3.8, 4) is 0 Å². The van der Waals surface area contributed by atoms with E-state index in [1.807, 2.05) is 24.3 Å². The Morgan fingerprint density at radius 2 is 1.95 bits per heavy atom. The molecular weight excluding hydrogens is 311 g/mol. The molecule has 2 aromatic heterocycles. The molecule has 0 aliphatic carbocycles. The first-order valence-electron chi connectivity index (χ1n) is 5.98. The lowest BCUT2D eigenvalue weighted by Gasteiger charge is -2.07. The maximum atomic E-state index is 12.2. The smallest absolute Gasteiger partial charge is 0.258 e. The summed E-state index contributed by atoms with van der Waals surface area (Å²) in [7, 11) is 0. The molecule has 0 atom stereocenters. The zero-order valence-corrected chi connectivity index (χ0v) is 12.1. The van der Waals surface area contributed by atoms with E-state index in [0.29, 0.717) is 5.69 Å². The maximum absolute atomic E-state index is 12.2. The number of benzene rings is 1. The number of aromatic nitrogens is 3. The van der Waals surface area contributed by atoms with Gasteiger partial charge in [0.1, 0.15) is 0 Å². The normalized spacial score (nSPS) is 10.6. The van der Waals surface area contributed by atoms with Gasteiger partial charge in [0.2, 0.25) is 0 Å². The second-order valence-electron chi connectivity index (χ2n) is 4.24. The molecule has 1 N–H and O–H groups in total. The van der Waals surface area contributed by atoms with Crippen molar-refractivity contribution >= 4 is 45.7 Å². The Morgan fingerprint density at radius 1 is 1.10 bits per heavy atom. The number of halogens is 2. The molecule has 0 aliphatic heterocycles. The molecule has 2 heterocycles. The van der Waals surface area contributed by atoms with Crippen molar-refractivity contribution in [3.05, 3.63) is 58.5 Å². The highest BCUT2D eigenvalue weighted by molar-refractivity contribution is 6.34. The third-order valence-corrected chi connectivity index (χ3v) is 3.29. The molecule has 0 unspecified atom stereocenters. The fourth-order valence-corrected chi connectivity index (χ4v) is 2.19. The molecule has 104 valence electrons. The summed E-state index contributed by atoms with van der Waals surface area (Å²) in [5.74, 6) is -0.403. The van der Waals surface area contributed by atoms with Gasteiger partial charge in [0.25, 0.3) is 5.91 Å². The van der Waals surface area contributed by atoms with Crippen molar-refractivity contribution in [3.63, 3.8) is 0 Å². The summed E-state index contributed by atoms with van der Waals surface area (Å²) in [5.41, 5.74) is 1.65. The van der Waals surface area contributed by atoms with Crippen molar-refractivity contribution in [2.45, 2.75) is 0 Å². The van der Waals surface area contributed by atoms with E-state index in [1.54, 1.807) is 12.3 Å². The number of carbonyl (C=O) groups excluding carboxylic acids is 1. The molecule has 0 spiro atoms. The first-order chi connectivity index (χ1) is 10.1. The van der Waals surface area contributed by atoms with Gasteiger partial charge < -0.3 is 5.32 Å². The van der Waals surface area contributed by atoms with Crippen LogP contribution in [0, 0.1) is 0 Å². The largest absolute Gasteiger partial charge is 0.322 e. The Hall–Kier alpha value is -2.24. The van der Waals surface area contributed by atoms with Crippen LogP contribution in [0.3, 0.4) is 0 Å². The minimum Gasteiger partial charge on any atom is -0.322 e. The van der Waals surface area contributed by atoms with Crippen LogP contribution in [0.5, 0.6) is 0 Å². The van der Waals surface area contributed by atoms with Crippen molar-refractivity contribution in [1.29, 1.82) is 0 Å². The summed E-state index contributed by atoms with van der Waals surface area (Å²) in [6.07, 6.45) is 1.71. The van der Waals surface area contributed by atoms with Crippen molar-refractivity contribution < 1.29 is 4.79 Å². The van der Waals surface area contributed by atoms with Crippen molar-refractivity contribution in [2.24, 2.45) is 0 Å². The molecule has 0 radical (unpaired) electrons. The van der Waals surface area contributed by atoms with Gasteiger partial charge in [-0.3, -0.25) is 9.78 Å². The maximum Gasteiger partial charge on any atom is 0.258 e. The number of hydrogen-bond donors (Lipinski definition) is 1. The lowest BCUT2D eigenvalue weighted by atomic mass is 10.2. The van der Waals surface area contributed by atoms with Gasteiger partial charge in [0.15, 0.2) is 10.3 Å². The predicted octanol–water partition coefficient (Wildman–Crippen LogP) is 3.58.